The molecule has 2 N–H and O–H groups in total. The van der Waals surface area contributed by atoms with E-state index in [1.807, 2.05) is 6.92 Å². The standard InChI is InChI=1S/C11H12BrFN4O/c1-6(14-2)10-16-17-11(18-10)15-9-4-3-7(13)5-8(9)12/h3-6,14H,1-2H3,(H,15,17). The summed E-state index contributed by atoms with van der Waals surface area (Å²) in [4.78, 5) is 0. The smallest absolute Gasteiger partial charge is 0.320 e. The molecule has 2 rings (SSSR count). The number of halogens is 2. The van der Waals surface area contributed by atoms with Crippen molar-refractivity contribution in [2.75, 3.05) is 12.4 Å². The topological polar surface area (TPSA) is 63.0 Å². The van der Waals surface area contributed by atoms with Crippen molar-refractivity contribution in [1.29, 1.82) is 0 Å². The molecule has 0 saturated heterocycles. The number of rotatable bonds is 4. The van der Waals surface area contributed by atoms with Gasteiger partial charge in [-0.15, -0.1) is 5.10 Å². The maximum absolute atomic E-state index is 12.9. The first kappa shape index (κ1) is 13.0. The number of benzene rings is 1. The molecule has 0 fully saturated rings. The number of hydrogen-bond donors (Lipinski definition) is 2. The van der Waals surface area contributed by atoms with Gasteiger partial charge in [0, 0.05) is 4.47 Å². The molecule has 1 aromatic heterocycles. The summed E-state index contributed by atoms with van der Waals surface area (Å²) < 4.78 is 18.9. The molecule has 18 heavy (non-hydrogen) atoms. The first-order chi connectivity index (χ1) is 8.60. The van der Waals surface area contributed by atoms with Gasteiger partial charge in [-0.1, -0.05) is 5.10 Å². The van der Waals surface area contributed by atoms with Gasteiger partial charge in [-0.2, -0.15) is 0 Å². The van der Waals surface area contributed by atoms with Gasteiger partial charge >= 0.3 is 6.01 Å². The predicted octanol–water partition coefficient (Wildman–Crippen LogP) is 3.00. The van der Waals surface area contributed by atoms with Crippen LogP contribution >= 0.6 is 15.9 Å². The Bertz CT molecular complexity index is 546. The van der Waals surface area contributed by atoms with E-state index >= 15 is 0 Å². The van der Waals surface area contributed by atoms with E-state index in [-0.39, 0.29) is 17.9 Å². The van der Waals surface area contributed by atoms with E-state index in [1.54, 1.807) is 13.1 Å². The molecule has 96 valence electrons. The lowest BCUT2D eigenvalue weighted by Gasteiger charge is -2.05. The van der Waals surface area contributed by atoms with E-state index in [9.17, 15) is 4.39 Å². The summed E-state index contributed by atoms with van der Waals surface area (Å²) in [6.07, 6.45) is 0. The zero-order valence-corrected chi connectivity index (χ0v) is 11.5. The van der Waals surface area contributed by atoms with E-state index in [4.69, 9.17) is 4.42 Å². The molecule has 1 heterocycles. The number of anilines is 2. The summed E-state index contributed by atoms with van der Waals surface area (Å²) in [5.41, 5.74) is 0.656. The predicted molar refractivity (Wildman–Crippen MR) is 69.2 cm³/mol. The monoisotopic (exact) mass is 314 g/mol. The lowest BCUT2D eigenvalue weighted by atomic mass is 10.3. The average Bonchev–Trinajstić information content (AvgIpc) is 2.80. The lowest BCUT2D eigenvalue weighted by Crippen LogP contribution is -2.12. The zero-order chi connectivity index (χ0) is 13.1. The van der Waals surface area contributed by atoms with Gasteiger partial charge in [-0.05, 0) is 48.1 Å². The Balaban J connectivity index is 2.16. The molecule has 5 nitrogen and oxygen atoms in total. The molecule has 0 aliphatic heterocycles. The van der Waals surface area contributed by atoms with Gasteiger partial charge in [-0.3, -0.25) is 0 Å². The summed E-state index contributed by atoms with van der Waals surface area (Å²) in [6, 6.07) is 4.53. The van der Waals surface area contributed by atoms with Crippen LogP contribution in [0.4, 0.5) is 16.1 Å². The number of nitrogens with one attached hydrogen (secondary N) is 2. The van der Waals surface area contributed by atoms with Crippen molar-refractivity contribution in [3.63, 3.8) is 0 Å². The minimum absolute atomic E-state index is 0.0234. The molecule has 0 aliphatic rings. The Morgan fingerprint density at radius 2 is 2.17 bits per heavy atom. The van der Waals surface area contributed by atoms with Crippen molar-refractivity contribution >= 4 is 27.6 Å². The summed E-state index contributed by atoms with van der Waals surface area (Å²) in [5, 5.41) is 13.7. The Morgan fingerprint density at radius 3 is 2.83 bits per heavy atom. The normalized spacial score (nSPS) is 12.4. The van der Waals surface area contributed by atoms with E-state index in [1.165, 1.54) is 12.1 Å². The van der Waals surface area contributed by atoms with Gasteiger partial charge in [0.25, 0.3) is 0 Å². The molecule has 1 unspecified atom stereocenters. The Labute approximate surface area is 112 Å². The minimum atomic E-state index is -0.317. The van der Waals surface area contributed by atoms with Gasteiger partial charge in [0.05, 0.1) is 11.7 Å². The highest BCUT2D eigenvalue weighted by Crippen LogP contribution is 2.26. The van der Waals surface area contributed by atoms with Crippen LogP contribution in [-0.2, 0) is 0 Å². The van der Waals surface area contributed by atoms with E-state index in [0.717, 1.165) is 0 Å². The van der Waals surface area contributed by atoms with Crippen molar-refractivity contribution in [2.24, 2.45) is 0 Å². The molecule has 2 aromatic rings. The van der Waals surface area contributed by atoms with Gasteiger partial charge in [0.2, 0.25) is 5.89 Å². The number of aromatic nitrogens is 2. The molecule has 0 spiro atoms. The SMILES string of the molecule is CNC(C)c1nnc(Nc2ccc(F)cc2Br)o1. The molecular weight excluding hydrogens is 303 g/mol. The first-order valence-electron chi connectivity index (χ1n) is 5.33. The molecule has 7 heteroatoms. The maximum atomic E-state index is 12.9. The molecule has 0 aliphatic carbocycles. The molecule has 1 atom stereocenters. The van der Waals surface area contributed by atoms with Crippen LogP contribution in [0.25, 0.3) is 0 Å². The van der Waals surface area contributed by atoms with Crippen LogP contribution in [0.15, 0.2) is 27.1 Å². The third kappa shape index (κ3) is 2.85. The Morgan fingerprint density at radius 1 is 1.39 bits per heavy atom. The highest BCUT2D eigenvalue weighted by molar-refractivity contribution is 9.10. The summed E-state index contributed by atoms with van der Waals surface area (Å²) in [5.74, 6) is 0.167. The quantitative estimate of drug-likeness (QED) is 0.908. The molecule has 1 aromatic carbocycles. The maximum Gasteiger partial charge on any atom is 0.320 e. The second-order valence-electron chi connectivity index (χ2n) is 3.70. The van der Waals surface area contributed by atoms with Crippen molar-refractivity contribution < 1.29 is 8.81 Å². The molecule has 0 amide bonds. The van der Waals surface area contributed by atoms with Crippen LogP contribution in [-0.4, -0.2) is 17.2 Å². The van der Waals surface area contributed by atoms with Gasteiger partial charge in [0.1, 0.15) is 5.82 Å². The second kappa shape index (κ2) is 5.45. The molecule has 0 bridgehead atoms. The highest BCUT2D eigenvalue weighted by Gasteiger charge is 2.12. The van der Waals surface area contributed by atoms with E-state index < -0.39 is 0 Å². The fourth-order valence-electron chi connectivity index (χ4n) is 1.29. The Hall–Kier alpha value is -1.47. The van der Waals surface area contributed by atoms with Crippen LogP contribution < -0.4 is 10.6 Å². The van der Waals surface area contributed by atoms with Crippen LogP contribution in [0.2, 0.25) is 0 Å². The lowest BCUT2D eigenvalue weighted by molar-refractivity contribution is 0.443. The molecular formula is C11H12BrFN4O. The number of hydrogen-bond acceptors (Lipinski definition) is 5. The summed E-state index contributed by atoms with van der Waals surface area (Å²) in [7, 11) is 1.80. The third-order valence-corrected chi connectivity index (χ3v) is 3.07. The fourth-order valence-corrected chi connectivity index (χ4v) is 1.74. The minimum Gasteiger partial charge on any atom is -0.406 e. The van der Waals surface area contributed by atoms with Crippen LogP contribution in [0, 0.1) is 5.82 Å². The average molecular weight is 315 g/mol. The first-order valence-corrected chi connectivity index (χ1v) is 6.12. The largest absolute Gasteiger partial charge is 0.406 e. The number of nitrogens with zero attached hydrogens (tertiary/aromatic N) is 2. The van der Waals surface area contributed by atoms with Crippen LogP contribution in [0.3, 0.4) is 0 Å². The molecule has 0 radical (unpaired) electrons. The molecule has 0 saturated carbocycles. The van der Waals surface area contributed by atoms with Crippen LogP contribution in [0.5, 0.6) is 0 Å². The van der Waals surface area contributed by atoms with Crippen molar-refractivity contribution in [1.82, 2.24) is 15.5 Å². The van der Waals surface area contributed by atoms with Gasteiger partial charge in [0.15, 0.2) is 0 Å². The highest BCUT2D eigenvalue weighted by atomic mass is 79.9. The van der Waals surface area contributed by atoms with Crippen molar-refractivity contribution in [3.8, 4) is 0 Å². The van der Waals surface area contributed by atoms with E-state index in [2.05, 4.69) is 36.8 Å². The third-order valence-electron chi connectivity index (χ3n) is 2.42. The second-order valence-corrected chi connectivity index (χ2v) is 4.56. The zero-order valence-electron chi connectivity index (χ0n) is 9.87. The summed E-state index contributed by atoms with van der Waals surface area (Å²) in [6.45, 7) is 1.91. The fraction of sp³-hybridized carbons (Fsp3) is 0.273. The van der Waals surface area contributed by atoms with Gasteiger partial charge in [-0.25, -0.2) is 4.39 Å². The van der Waals surface area contributed by atoms with Crippen molar-refractivity contribution in [3.05, 3.63) is 34.4 Å². The Kier molecular flexibility index (Phi) is 3.93. The van der Waals surface area contributed by atoms with Gasteiger partial charge < -0.3 is 15.1 Å². The van der Waals surface area contributed by atoms with Crippen LogP contribution in [0.1, 0.15) is 18.9 Å². The van der Waals surface area contributed by atoms with E-state index in [0.29, 0.717) is 16.1 Å². The van der Waals surface area contributed by atoms with Crippen molar-refractivity contribution in [2.45, 2.75) is 13.0 Å². The summed E-state index contributed by atoms with van der Waals surface area (Å²) >= 11 is 3.25.